The third-order valence-corrected chi connectivity index (χ3v) is 4.63. The molecule has 2 amide bonds. The van der Waals surface area contributed by atoms with Gasteiger partial charge in [0.15, 0.2) is 6.61 Å². The molecule has 8 heteroatoms. The van der Waals surface area contributed by atoms with Crippen molar-refractivity contribution in [2.75, 3.05) is 26.2 Å². The highest BCUT2D eigenvalue weighted by atomic mass is 35.5. The van der Waals surface area contributed by atoms with Crippen LogP contribution in [0.1, 0.15) is 36.0 Å². The van der Waals surface area contributed by atoms with Crippen LogP contribution in [0, 0.1) is 0 Å². The first kappa shape index (κ1) is 19.5. The van der Waals surface area contributed by atoms with Gasteiger partial charge in [-0.1, -0.05) is 36.0 Å². The zero-order valence-electron chi connectivity index (χ0n) is 13.7. The highest BCUT2D eigenvalue weighted by molar-refractivity contribution is 6.42. The zero-order valence-corrected chi connectivity index (χ0v) is 15.2. The van der Waals surface area contributed by atoms with Gasteiger partial charge in [0.2, 0.25) is 0 Å². The summed E-state index contributed by atoms with van der Waals surface area (Å²) in [5.41, 5.74) is 0.280. The number of likely N-dealkylation sites (tertiary alicyclic amines) is 1. The molecule has 1 aromatic carbocycles. The number of hydrogen-bond donors (Lipinski definition) is 1. The van der Waals surface area contributed by atoms with Gasteiger partial charge in [-0.2, -0.15) is 0 Å². The molecule has 0 spiro atoms. The van der Waals surface area contributed by atoms with Gasteiger partial charge in [-0.3, -0.25) is 14.4 Å². The summed E-state index contributed by atoms with van der Waals surface area (Å²) in [5, 5.41) is 3.01. The van der Waals surface area contributed by atoms with E-state index in [9.17, 15) is 14.4 Å². The predicted octanol–water partition coefficient (Wildman–Crippen LogP) is 2.67. The Morgan fingerprint density at radius 2 is 1.72 bits per heavy atom. The molecular weight excluding hydrogens is 367 g/mol. The van der Waals surface area contributed by atoms with Crippen molar-refractivity contribution in [1.82, 2.24) is 10.2 Å². The van der Waals surface area contributed by atoms with Crippen molar-refractivity contribution in [3.8, 4) is 0 Å². The molecular formula is C17H20Cl2N2O4. The topological polar surface area (TPSA) is 75.7 Å². The number of amides is 2. The number of carbonyl (C=O) groups excluding carboxylic acids is 3. The minimum absolute atomic E-state index is 0.203. The molecule has 1 aromatic rings. The van der Waals surface area contributed by atoms with Gasteiger partial charge in [-0.05, 0) is 31.0 Å². The minimum Gasteiger partial charge on any atom is -0.454 e. The Balaban J connectivity index is 1.73. The van der Waals surface area contributed by atoms with Crippen LogP contribution in [0.15, 0.2) is 18.2 Å². The van der Waals surface area contributed by atoms with Crippen LogP contribution in [0.3, 0.4) is 0 Å². The Morgan fingerprint density at radius 1 is 1.04 bits per heavy atom. The summed E-state index contributed by atoms with van der Waals surface area (Å²) in [4.78, 5) is 37.4. The zero-order chi connectivity index (χ0) is 18.2. The summed E-state index contributed by atoms with van der Waals surface area (Å²) >= 11 is 11.6. The Hall–Kier alpha value is -1.79. The Kier molecular flexibility index (Phi) is 7.52. The fraction of sp³-hybridized carbons (Fsp3) is 0.471. The van der Waals surface area contributed by atoms with Gasteiger partial charge >= 0.3 is 5.97 Å². The number of nitrogens with one attached hydrogen (secondary N) is 1. The number of ether oxygens (including phenoxy) is 1. The van der Waals surface area contributed by atoms with Crippen LogP contribution in [0.2, 0.25) is 10.0 Å². The van der Waals surface area contributed by atoms with Crippen molar-refractivity contribution in [2.45, 2.75) is 25.7 Å². The minimum atomic E-state index is -0.670. The van der Waals surface area contributed by atoms with Crippen LogP contribution >= 0.6 is 23.2 Å². The maximum Gasteiger partial charge on any atom is 0.325 e. The summed E-state index contributed by atoms with van der Waals surface area (Å²) in [7, 11) is 0. The lowest BCUT2D eigenvalue weighted by Crippen LogP contribution is -2.37. The fourth-order valence-electron chi connectivity index (χ4n) is 2.50. The molecule has 0 unspecified atom stereocenters. The maximum atomic E-state index is 12.0. The van der Waals surface area contributed by atoms with E-state index in [4.69, 9.17) is 27.9 Å². The first-order chi connectivity index (χ1) is 12.0. The van der Waals surface area contributed by atoms with E-state index in [-0.39, 0.29) is 29.6 Å². The first-order valence-electron chi connectivity index (χ1n) is 8.14. The van der Waals surface area contributed by atoms with Gasteiger partial charge in [0.25, 0.3) is 11.8 Å². The lowest BCUT2D eigenvalue weighted by Gasteiger charge is -2.19. The SMILES string of the molecule is O=C(CNC(=O)c1ccc(Cl)c(Cl)c1)OCC(=O)N1CCCCCC1. The molecule has 1 heterocycles. The molecule has 1 aliphatic heterocycles. The van der Waals surface area contributed by atoms with Crippen LogP contribution < -0.4 is 5.32 Å². The molecule has 1 saturated heterocycles. The van der Waals surface area contributed by atoms with Gasteiger partial charge in [0, 0.05) is 18.7 Å². The number of rotatable bonds is 5. The normalized spacial score (nSPS) is 14.6. The molecule has 136 valence electrons. The quantitative estimate of drug-likeness (QED) is 0.789. The van der Waals surface area contributed by atoms with Gasteiger partial charge in [-0.15, -0.1) is 0 Å². The predicted molar refractivity (Wildman–Crippen MR) is 94.8 cm³/mol. The molecule has 0 aromatic heterocycles. The lowest BCUT2D eigenvalue weighted by atomic mass is 10.2. The highest BCUT2D eigenvalue weighted by Crippen LogP contribution is 2.22. The summed E-state index contributed by atoms with van der Waals surface area (Å²) < 4.78 is 4.93. The monoisotopic (exact) mass is 386 g/mol. The molecule has 6 nitrogen and oxygen atoms in total. The second-order valence-corrected chi connectivity index (χ2v) is 6.58. The van der Waals surface area contributed by atoms with Crippen molar-refractivity contribution < 1.29 is 19.1 Å². The average molecular weight is 387 g/mol. The summed E-state index contributed by atoms with van der Waals surface area (Å²) in [6, 6.07) is 4.40. The number of nitrogens with zero attached hydrogens (tertiary/aromatic N) is 1. The molecule has 0 radical (unpaired) electrons. The molecule has 0 saturated carbocycles. The maximum absolute atomic E-state index is 12.0. The molecule has 0 bridgehead atoms. The molecule has 1 fully saturated rings. The van der Waals surface area contributed by atoms with Crippen LogP contribution in [-0.4, -0.2) is 48.9 Å². The van der Waals surface area contributed by atoms with Crippen molar-refractivity contribution in [2.24, 2.45) is 0 Å². The van der Waals surface area contributed by atoms with E-state index >= 15 is 0 Å². The van der Waals surface area contributed by atoms with Crippen molar-refractivity contribution >= 4 is 41.0 Å². The highest BCUT2D eigenvalue weighted by Gasteiger charge is 2.17. The van der Waals surface area contributed by atoms with E-state index in [0.717, 1.165) is 25.7 Å². The van der Waals surface area contributed by atoms with Gasteiger partial charge in [0.1, 0.15) is 6.54 Å². The van der Waals surface area contributed by atoms with E-state index in [1.807, 2.05) is 0 Å². The molecule has 2 rings (SSSR count). The molecule has 0 aliphatic carbocycles. The van der Waals surface area contributed by atoms with Crippen LogP contribution in [0.25, 0.3) is 0 Å². The van der Waals surface area contributed by atoms with E-state index in [1.54, 1.807) is 4.90 Å². The van der Waals surface area contributed by atoms with Crippen LogP contribution in [0.5, 0.6) is 0 Å². The molecule has 1 N–H and O–H groups in total. The lowest BCUT2D eigenvalue weighted by molar-refractivity contribution is -0.151. The largest absolute Gasteiger partial charge is 0.454 e. The van der Waals surface area contributed by atoms with Crippen molar-refractivity contribution in [3.63, 3.8) is 0 Å². The molecule has 0 atom stereocenters. The standard InChI is InChI=1S/C17H20Cl2N2O4/c18-13-6-5-12(9-14(13)19)17(24)20-10-16(23)25-11-15(22)21-7-3-1-2-4-8-21/h5-6,9H,1-4,7-8,10-11H2,(H,20,24). The molecule has 25 heavy (non-hydrogen) atoms. The second kappa shape index (κ2) is 9.63. The summed E-state index contributed by atoms with van der Waals surface area (Å²) in [5.74, 6) is -1.35. The van der Waals surface area contributed by atoms with Crippen molar-refractivity contribution in [1.29, 1.82) is 0 Å². The number of carbonyl (C=O) groups is 3. The number of hydrogen-bond acceptors (Lipinski definition) is 4. The van der Waals surface area contributed by atoms with Crippen LogP contribution in [0.4, 0.5) is 0 Å². The number of halogens is 2. The smallest absolute Gasteiger partial charge is 0.325 e. The second-order valence-electron chi connectivity index (χ2n) is 5.77. The van der Waals surface area contributed by atoms with E-state index in [0.29, 0.717) is 18.1 Å². The Bertz CT molecular complexity index is 644. The number of benzene rings is 1. The summed E-state index contributed by atoms with van der Waals surface area (Å²) in [6.07, 6.45) is 4.17. The fourth-order valence-corrected chi connectivity index (χ4v) is 2.79. The van der Waals surface area contributed by atoms with Gasteiger partial charge in [-0.25, -0.2) is 0 Å². The third-order valence-electron chi connectivity index (χ3n) is 3.89. The van der Waals surface area contributed by atoms with Crippen LogP contribution in [-0.2, 0) is 14.3 Å². The Labute approximate surface area is 156 Å². The van der Waals surface area contributed by atoms with E-state index in [2.05, 4.69) is 5.32 Å². The molecule has 1 aliphatic rings. The van der Waals surface area contributed by atoms with Crippen molar-refractivity contribution in [3.05, 3.63) is 33.8 Å². The summed E-state index contributed by atoms with van der Waals surface area (Å²) in [6.45, 7) is 0.767. The van der Waals surface area contributed by atoms with E-state index in [1.165, 1.54) is 18.2 Å². The third kappa shape index (κ3) is 6.21. The first-order valence-corrected chi connectivity index (χ1v) is 8.89. The van der Waals surface area contributed by atoms with E-state index < -0.39 is 11.9 Å². The number of esters is 1. The average Bonchev–Trinajstić information content (AvgIpc) is 2.89. The Morgan fingerprint density at radius 3 is 2.36 bits per heavy atom. The van der Waals surface area contributed by atoms with Gasteiger partial charge in [0.05, 0.1) is 10.0 Å². The van der Waals surface area contributed by atoms with Gasteiger partial charge < -0.3 is 15.0 Å².